The maximum absolute atomic E-state index is 11.5. The number of anilines is 1. The van der Waals surface area contributed by atoms with Gasteiger partial charge in [-0.2, -0.15) is 0 Å². The van der Waals surface area contributed by atoms with Crippen LogP contribution in [0.25, 0.3) is 0 Å². The molecule has 1 aromatic carbocycles. The quantitative estimate of drug-likeness (QED) is 0.896. The molecule has 4 nitrogen and oxygen atoms in total. The Bertz CT molecular complexity index is 596. The van der Waals surface area contributed by atoms with Gasteiger partial charge in [0.1, 0.15) is 0 Å². The third kappa shape index (κ3) is 3.98. The minimum Gasteiger partial charge on any atom is -0.382 e. The van der Waals surface area contributed by atoms with Crippen LogP contribution >= 0.6 is 0 Å². The maximum Gasteiger partial charge on any atom is 0.238 e. The summed E-state index contributed by atoms with van der Waals surface area (Å²) < 4.78 is 23.0. The molecule has 1 aromatic rings. The third-order valence-electron chi connectivity index (χ3n) is 4.55. The van der Waals surface area contributed by atoms with Gasteiger partial charge in [0.25, 0.3) is 0 Å². The standard InChI is InChI=1S/C16H26N2O2S/c1-11(2)14-6-4-5-7-15(14)18-16-10-13(21(17,19)20)9-8-12(16)3/h8-11,14-15,18H,4-7H2,1-3H3,(H2,17,19,20). The summed E-state index contributed by atoms with van der Waals surface area (Å²) in [6.45, 7) is 6.51. The van der Waals surface area contributed by atoms with Gasteiger partial charge in [0.05, 0.1) is 4.90 Å². The Balaban J connectivity index is 2.25. The maximum atomic E-state index is 11.5. The van der Waals surface area contributed by atoms with Crippen LogP contribution in [-0.2, 0) is 10.0 Å². The van der Waals surface area contributed by atoms with E-state index < -0.39 is 10.0 Å². The predicted molar refractivity (Wildman–Crippen MR) is 86.8 cm³/mol. The van der Waals surface area contributed by atoms with Crippen molar-refractivity contribution in [3.8, 4) is 0 Å². The van der Waals surface area contributed by atoms with E-state index in [9.17, 15) is 8.42 Å². The van der Waals surface area contributed by atoms with E-state index in [2.05, 4.69) is 19.2 Å². The second kappa shape index (κ2) is 6.36. The smallest absolute Gasteiger partial charge is 0.238 e. The first-order valence-electron chi connectivity index (χ1n) is 7.69. The highest BCUT2D eigenvalue weighted by Crippen LogP contribution is 2.33. The Kier molecular flexibility index (Phi) is 4.94. The lowest BCUT2D eigenvalue weighted by atomic mass is 9.77. The molecule has 2 atom stereocenters. The topological polar surface area (TPSA) is 72.2 Å². The molecule has 2 unspecified atom stereocenters. The first-order valence-corrected chi connectivity index (χ1v) is 9.23. The SMILES string of the molecule is Cc1ccc(S(N)(=O)=O)cc1NC1CCCCC1C(C)C. The fraction of sp³-hybridized carbons (Fsp3) is 0.625. The van der Waals surface area contributed by atoms with E-state index in [0.717, 1.165) is 17.7 Å². The molecule has 0 spiro atoms. The van der Waals surface area contributed by atoms with Gasteiger partial charge < -0.3 is 5.32 Å². The molecule has 0 saturated heterocycles. The molecule has 1 aliphatic carbocycles. The number of hydrogen-bond acceptors (Lipinski definition) is 3. The number of benzene rings is 1. The number of nitrogens with two attached hydrogens (primary N) is 1. The van der Waals surface area contributed by atoms with E-state index in [4.69, 9.17) is 5.14 Å². The Morgan fingerprint density at radius 3 is 2.52 bits per heavy atom. The van der Waals surface area contributed by atoms with Crippen LogP contribution in [0.5, 0.6) is 0 Å². The van der Waals surface area contributed by atoms with Crippen LogP contribution in [0.2, 0.25) is 0 Å². The van der Waals surface area contributed by atoms with E-state index >= 15 is 0 Å². The molecule has 0 bridgehead atoms. The molecule has 21 heavy (non-hydrogen) atoms. The van der Waals surface area contributed by atoms with Crippen molar-refractivity contribution in [1.29, 1.82) is 0 Å². The van der Waals surface area contributed by atoms with Crippen LogP contribution in [0.3, 0.4) is 0 Å². The summed E-state index contributed by atoms with van der Waals surface area (Å²) in [7, 11) is -3.65. The van der Waals surface area contributed by atoms with Crippen molar-refractivity contribution >= 4 is 15.7 Å². The van der Waals surface area contributed by atoms with Crippen molar-refractivity contribution in [2.24, 2.45) is 17.0 Å². The summed E-state index contributed by atoms with van der Waals surface area (Å²) in [6, 6.07) is 5.45. The van der Waals surface area contributed by atoms with Crippen molar-refractivity contribution in [3.63, 3.8) is 0 Å². The summed E-state index contributed by atoms with van der Waals surface area (Å²) in [6.07, 6.45) is 4.90. The van der Waals surface area contributed by atoms with Gasteiger partial charge in [0.15, 0.2) is 0 Å². The Morgan fingerprint density at radius 1 is 1.24 bits per heavy atom. The molecule has 0 aromatic heterocycles. The average molecular weight is 310 g/mol. The number of rotatable bonds is 4. The number of aryl methyl sites for hydroxylation is 1. The minimum absolute atomic E-state index is 0.174. The van der Waals surface area contributed by atoms with Crippen LogP contribution in [0.4, 0.5) is 5.69 Å². The second-order valence-corrected chi connectivity index (χ2v) is 8.03. The van der Waals surface area contributed by atoms with Crippen molar-refractivity contribution in [2.45, 2.75) is 57.4 Å². The Labute approximate surface area is 128 Å². The molecule has 0 heterocycles. The summed E-state index contributed by atoms with van der Waals surface area (Å²) >= 11 is 0. The van der Waals surface area contributed by atoms with Crippen molar-refractivity contribution in [1.82, 2.24) is 0 Å². The highest BCUT2D eigenvalue weighted by molar-refractivity contribution is 7.89. The molecule has 0 amide bonds. The first kappa shape index (κ1) is 16.3. The molecular formula is C16H26N2O2S. The highest BCUT2D eigenvalue weighted by Gasteiger charge is 2.27. The van der Waals surface area contributed by atoms with Gasteiger partial charge in [-0.3, -0.25) is 0 Å². The zero-order chi connectivity index (χ0) is 15.6. The molecule has 118 valence electrons. The lowest BCUT2D eigenvalue weighted by Crippen LogP contribution is -2.35. The molecule has 0 radical (unpaired) electrons. The van der Waals surface area contributed by atoms with E-state index in [1.54, 1.807) is 12.1 Å². The number of nitrogens with one attached hydrogen (secondary N) is 1. The van der Waals surface area contributed by atoms with Crippen molar-refractivity contribution in [2.75, 3.05) is 5.32 Å². The summed E-state index contributed by atoms with van der Waals surface area (Å²) in [5.74, 6) is 1.26. The van der Waals surface area contributed by atoms with Crippen LogP contribution in [0, 0.1) is 18.8 Å². The Hall–Kier alpha value is -1.07. The number of primary sulfonamides is 1. The van der Waals surface area contributed by atoms with Crippen LogP contribution in [0.15, 0.2) is 23.1 Å². The van der Waals surface area contributed by atoms with E-state index in [1.807, 2.05) is 13.0 Å². The van der Waals surface area contributed by atoms with Gasteiger partial charge in [-0.05, 0) is 49.3 Å². The van der Waals surface area contributed by atoms with Crippen molar-refractivity contribution < 1.29 is 8.42 Å². The van der Waals surface area contributed by atoms with Gasteiger partial charge in [-0.25, -0.2) is 13.6 Å². The van der Waals surface area contributed by atoms with E-state index in [1.165, 1.54) is 19.3 Å². The zero-order valence-electron chi connectivity index (χ0n) is 13.1. The van der Waals surface area contributed by atoms with Gasteiger partial charge in [0, 0.05) is 11.7 Å². The van der Waals surface area contributed by atoms with Crippen LogP contribution in [-0.4, -0.2) is 14.5 Å². The van der Waals surface area contributed by atoms with Gasteiger partial charge in [0.2, 0.25) is 10.0 Å². The Morgan fingerprint density at radius 2 is 1.90 bits per heavy atom. The molecule has 1 fully saturated rings. The predicted octanol–water partition coefficient (Wildman–Crippen LogP) is 3.27. The molecular weight excluding hydrogens is 284 g/mol. The normalized spacial score (nSPS) is 23.3. The number of hydrogen-bond donors (Lipinski definition) is 2. The zero-order valence-corrected chi connectivity index (χ0v) is 13.9. The number of sulfonamides is 1. The van der Waals surface area contributed by atoms with Crippen LogP contribution < -0.4 is 10.5 Å². The van der Waals surface area contributed by atoms with Gasteiger partial charge in [-0.15, -0.1) is 0 Å². The van der Waals surface area contributed by atoms with Crippen LogP contribution in [0.1, 0.15) is 45.1 Å². The summed E-state index contributed by atoms with van der Waals surface area (Å²) in [5, 5.41) is 8.80. The summed E-state index contributed by atoms with van der Waals surface area (Å²) in [4.78, 5) is 0.174. The molecule has 1 aliphatic rings. The van der Waals surface area contributed by atoms with E-state index in [-0.39, 0.29) is 4.90 Å². The monoisotopic (exact) mass is 310 g/mol. The van der Waals surface area contributed by atoms with Crippen molar-refractivity contribution in [3.05, 3.63) is 23.8 Å². The third-order valence-corrected chi connectivity index (χ3v) is 5.47. The minimum atomic E-state index is -3.65. The largest absolute Gasteiger partial charge is 0.382 e. The molecule has 3 N–H and O–H groups in total. The average Bonchev–Trinajstić information content (AvgIpc) is 2.40. The fourth-order valence-electron chi connectivity index (χ4n) is 3.27. The van der Waals surface area contributed by atoms with Gasteiger partial charge in [-0.1, -0.05) is 32.8 Å². The lowest BCUT2D eigenvalue weighted by Gasteiger charge is -2.36. The lowest BCUT2D eigenvalue weighted by molar-refractivity contribution is 0.253. The van der Waals surface area contributed by atoms with E-state index in [0.29, 0.717) is 17.9 Å². The highest BCUT2D eigenvalue weighted by atomic mass is 32.2. The molecule has 1 saturated carbocycles. The first-order chi connectivity index (χ1) is 9.79. The fourth-order valence-corrected chi connectivity index (χ4v) is 3.81. The van der Waals surface area contributed by atoms with Gasteiger partial charge >= 0.3 is 0 Å². The summed E-state index contributed by atoms with van der Waals surface area (Å²) in [5.41, 5.74) is 1.94. The molecule has 2 rings (SSSR count). The molecule has 0 aliphatic heterocycles. The molecule has 5 heteroatoms. The second-order valence-electron chi connectivity index (χ2n) is 6.46.